The van der Waals surface area contributed by atoms with Crippen molar-refractivity contribution in [3.05, 3.63) is 98.5 Å². The molecule has 3 aromatic rings. The molecule has 33 heavy (non-hydrogen) atoms. The number of imide groups is 2. The molecule has 0 aromatic heterocycles. The summed E-state index contributed by atoms with van der Waals surface area (Å²) in [5.74, 6) is -0.857. The fraction of sp³-hybridized carbons (Fsp3) is 0.0800. The van der Waals surface area contributed by atoms with Crippen LogP contribution in [-0.4, -0.2) is 17.8 Å². The summed E-state index contributed by atoms with van der Waals surface area (Å²) in [5, 5.41) is 2.66. The number of ether oxygens (including phenoxy) is 1. The fourth-order valence-electron chi connectivity index (χ4n) is 3.34. The van der Waals surface area contributed by atoms with Crippen molar-refractivity contribution in [3.63, 3.8) is 0 Å². The number of carbonyl (C=O) groups excluding carboxylic acids is 3. The topological polar surface area (TPSA) is 75.7 Å². The first kappa shape index (κ1) is 22.8. The summed E-state index contributed by atoms with van der Waals surface area (Å²) in [7, 11) is 0. The average molecular weight is 526 g/mol. The molecule has 4 amide bonds. The third kappa shape index (κ3) is 5.16. The van der Waals surface area contributed by atoms with Crippen LogP contribution in [0.25, 0.3) is 6.08 Å². The molecule has 0 radical (unpaired) electrons. The number of barbiturate groups is 1. The van der Waals surface area contributed by atoms with Gasteiger partial charge in [0.05, 0.1) is 10.2 Å². The van der Waals surface area contributed by atoms with Crippen LogP contribution in [0, 0.1) is 6.92 Å². The first-order valence-corrected chi connectivity index (χ1v) is 11.1. The van der Waals surface area contributed by atoms with Gasteiger partial charge in [-0.1, -0.05) is 47.5 Å². The van der Waals surface area contributed by atoms with Gasteiger partial charge >= 0.3 is 6.03 Å². The third-order valence-corrected chi connectivity index (χ3v) is 5.80. The second-order valence-electron chi connectivity index (χ2n) is 7.40. The number of benzene rings is 3. The van der Waals surface area contributed by atoms with E-state index in [9.17, 15) is 14.4 Å². The van der Waals surface area contributed by atoms with E-state index in [1.54, 1.807) is 30.3 Å². The average Bonchev–Trinajstić information content (AvgIpc) is 2.77. The number of hydrogen-bond donors (Lipinski definition) is 1. The molecule has 0 atom stereocenters. The van der Waals surface area contributed by atoms with Gasteiger partial charge in [-0.25, -0.2) is 9.69 Å². The Hall–Kier alpha value is -3.42. The Morgan fingerprint density at radius 1 is 1.03 bits per heavy atom. The van der Waals surface area contributed by atoms with Crippen LogP contribution in [0.2, 0.25) is 5.02 Å². The van der Waals surface area contributed by atoms with Crippen LogP contribution < -0.4 is 15.0 Å². The van der Waals surface area contributed by atoms with E-state index >= 15 is 0 Å². The van der Waals surface area contributed by atoms with E-state index in [1.807, 2.05) is 31.2 Å². The van der Waals surface area contributed by atoms with E-state index < -0.39 is 17.8 Å². The van der Waals surface area contributed by atoms with Gasteiger partial charge < -0.3 is 4.74 Å². The SMILES string of the molecule is Cc1cccc(COc2ccc(/C=C3\C(=O)NC(=O)N(c4ccc(Cl)cc4)C3=O)cc2Br)c1. The number of amides is 4. The van der Waals surface area contributed by atoms with Crippen LogP contribution in [0.4, 0.5) is 10.5 Å². The van der Waals surface area contributed by atoms with Gasteiger partial charge in [0.25, 0.3) is 11.8 Å². The van der Waals surface area contributed by atoms with E-state index in [0.29, 0.717) is 33.1 Å². The second-order valence-corrected chi connectivity index (χ2v) is 8.69. The van der Waals surface area contributed by atoms with E-state index in [-0.39, 0.29) is 5.57 Å². The molecule has 8 heteroatoms. The van der Waals surface area contributed by atoms with Gasteiger partial charge in [0, 0.05) is 5.02 Å². The van der Waals surface area contributed by atoms with Gasteiger partial charge in [0.2, 0.25) is 0 Å². The highest BCUT2D eigenvalue weighted by Gasteiger charge is 2.36. The number of anilines is 1. The van der Waals surface area contributed by atoms with Crippen molar-refractivity contribution in [2.24, 2.45) is 0 Å². The lowest BCUT2D eigenvalue weighted by Gasteiger charge is -2.26. The van der Waals surface area contributed by atoms with Crippen molar-refractivity contribution < 1.29 is 19.1 Å². The second kappa shape index (κ2) is 9.60. The van der Waals surface area contributed by atoms with Crippen molar-refractivity contribution in [2.75, 3.05) is 4.90 Å². The maximum Gasteiger partial charge on any atom is 0.335 e. The number of aryl methyl sites for hydroxylation is 1. The molecule has 4 rings (SSSR count). The smallest absolute Gasteiger partial charge is 0.335 e. The van der Waals surface area contributed by atoms with Crippen molar-refractivity contribution in [3.8, 4) is 5.75 Å². The summed E-state index contributed by atoms with van der Waals surface area (Å²) in [6, 6.07) is 18.6. The zero-order valence-electron chi connectivity index (χ0n) is 17.5. The lowest BCUT2D eigenvalue weighted by molar-refractivity contribution is -0.122. The molecule has 0 unspecified atom stereocenters. The van der Waals surface area contributed by atoms with Gasteiger partial charge in [-0.15, -0.1) is 0 Å². The van der Waals surface area contributed by atoms with Crippen LogP contribution in [0.3, 0.4) is 0 Å². The van der Waals surface area contributed by atoms with E-state index in [0.717, 1.165) is 16.0 Å². The summed E-state index contributed by atoms with van der Waals surface area (Å²) in [6.07, 6.45) is 1.43. The molecule has 1 fully saturated rings. The highest BCUT2D eigenvalue weighted by atomic mass is 79.9. The van der Waals surface area contributed by atoms with Gasteiger partial charge in [-0.2, -0.15) is 0 Å². The summed E-state index contributed by atoms with van der Waals surface area (Å²) in [4.78, 5) is 38.6. The molecule has 0 aliphatic carbocycles. The summed E-state index contributed by atoms with van der Waals surface area (Å²) >= 11 is 9.37. The first-order chi connectivity index (χ1) is 15.8. The fourth-order valence-corrected chi connectivity index (χ4v) is 3.97. The molecule has 1 N–H and O–H groups in total. The van der Waals surface area contributed by atoms with Crippen molar-refractivity contribution in [1.29, 1.82) is 0 Å². The molecule has 0 saturated carbocycles. The Kier molecular flexibility index (Phi) is 6.62. The molecule has 0 bridgehead atoms. The Balaban J connectivity index is 1.56. The lowest BCUT2D eigenvalue weighted by atomic mass is 10.1. The van der Waals surface area contributed by atoms with Crippen molar-refractivity contribution in [1.82, 2.24) is 5.32 Å². The maximum absolute atomic E-state index is 13.0. The standard InChI is InChI=1S/C25H18BrClN2O4/c1-15-3-2-4-17(11-15)14-33-22-10-5-16(13-21(22)26)12-20-23(30)28-25(32)29(24(20)31)19-8-6-18(27)7-9-19/h2-13H,14H2,1H3,(H,28,30,32)/b20-12+. The maximum atomic E-state index is 13.0. The minimum Gasteiger partial charge on any atom is -0.488 e. The molecule has 0 spiro atoms. The summed E-state index contributed by atoms with van der Waals surface area (Å²) in [5.41, 5.74) is 2.93. The van der Waals surface area contributed by atoms with Gasteiger partial charge in [-0.05, 0) is 76.5 Å². The normalized spacial score (nSPS) is 15.1. The first-order valence-electron chi connectivity index (χ1n) is 9.97. The van der Waals surface area contributed by atoms with Crippen LogP contribution in [0.1, 0.15) is 16.7 Å². The van der Waals surface area contributed by atoms with Crippen LogP contribution >= 0.6 is 27.5 Å². The van der Waals surface area contributed by atoms with E-state index in [2.05, 4.69) is 21.2 Å². The Morgan fingerprint density at radius 2 is 1.79 bits per heavy atom. The van der Waals surface area contributed by atoms with E-state index in [1.165, 1.54) is 18.2 Å². The molecule has 1 aliphatic rings. The number of urea groups is 1. The number of rotatable bonds is 5. The van der Waals surface area contributed by atoms with Gasteiger partial charge in [-0.3, -0.25) is 14.9 Å². The summed E-state index contributed by atoms with van der Waals surface area (Å²) in [6.45, 7) is 2.42. The highest BCUT2D eigenvalue weighted by Crippen LogP contribution is 2.29. The Bertz CT molecular complexity index is 1290. The Labute approximate surface area is 203 Å². The predicted octanol–water partition coefficient (Wildman–Crippen LogP) is 5.66. The highest BCUT2D eigenvalue weighted by molar-refractivity contribution is 9.10. The molecule has 6 nitrogen and oxygen atoms in total. The molecule has 1 heterocycles. The molecular weight excluding hydrogens is 508 g/mol. The third-order valence-electron chi connectivity index (χ3n) is 4.93. The quantitative estimate of drug-likeness (QED) is 0.345. The van der Waals surface area contributed by atoms with Gasteiger partial charge in [0.1, 0.15) is 17.9 Å². The number of carbonyl (C=O) groups is 3. The van der Waals surface area contributed by atoms with E-state index in [4.69, 9.17) is 16.3 Å². The summed E-state index contributed by atoms with van der Waals surface area (Å²) < 4.78 is 6.55. The van der Waals surface area contributed by atoms with Crippen LogP contribution in [0.15, 0.2) is 76.8 Å². The van der Waals surface area contributed by atoms with Crippen molar-refractivity contribution >= 4 is 57.1 Å². The zero-order chi connectivity index (χ0) is 23.5. The van der Waals surface area contributed by atoms with Gasteiger partial charge in [0.15, 0.2) is 0 Å². The minimum atomic E-state index is -0.814. The lowest BCUT2D eigenvalue weighted by Crippen LogP contribution is -2.54. The number of hydrogen-bond acceptors (Lipinski definition) is 4. The Morgan fingerprint density at radius 3 is 2.48 bits per heavy atom. The van der Waals surface area contributed by atoms with Crippen LogP contribution in [0.5, 0.6) is 5.75 Å². The zero-order valence-corrected chi connectivity index (χ0v) is 19.8. The molecule has 1 saturated heterocycles. The molecule has 166 valence electrons. The van der Waals surface area contributed by atoms with Crippen LogP contribution in [-0.2, 0) is 16.2 Å². The number of nitrogens with one attached hydrogen (secondary N) is 1. The largest absolute Gasteiger partial charge is 0.488 e. The number of halogens is 2. The predicted molar refractivity (Wildman–Crippen MR) is 130 cm³/mol. The minimum absolute atomic E-state index is 0.162. The number of nitrogens with zero attached hydrogens (tertiary/aromatic N) is 1. The van der Waals surface area contributed by atoms with Crippen molar-refractivity contribution in [2.45, 2.75) is 13.5 Å². The monoisotopic (exact) mass is 524 g/mol. The molecule has 3 aromatic carbocycles. The molecular formula is C25H18BrClN2O4. The molecule has 1 aliphatic heterocycles.